The van der Waals surface area contributed by atoms with E-state index in [0.29, 0.717) is 17.4 Å². The fourth-order valence-corrected chi connectivity index (χ4v) is 3.43. The summed E-state index contributed by atoms with van der Waals surface area (Å²) in [5.74, 6) is 0.561. The minimum Gasteiger partial charge on any atom is -0.409 e. The standard InChI is InChI=1S/C21H22N6OS/c1-15-6-4-5-7-19(15)20-24-27(21(29)28-20)14-25(3)16(2)17-8-10-18(11-9-17)26-13-22-12-23-26/h4-13,16H,14H2,1-3H3/p+1/t16-/m1/s1. The summed E-state index contributed by atoms with van der Waals surface area (Å²) in [6.07, 6.45) is 3.22. The van der Waals surface area contributed by atoms with Crippen molar-refractivity contribution in [3.63, 3.8) is 0 Å². The van der Waals surface area contributed by atoms with Crippen molar-refractivity contribution < 1.29 is 9.32 Å². The second-order valence-electron chi connectivity index (χ2n) is 7.15. The molecule has 0 aliphatic heterocycles. The maximum atomic E-state index is 5.76. The van der Waals surface area contributed by atoms with E-state index in [1.165, 1.54) is 16.8 Å². The van der Waals surface area contributed by atoms with Gasteiger partial charge in [0.05, 0.1) is 12.7 Å². The molecule has 0 spiro atoms. The van der Waals surface area contributed by atoms with Gasteiger partial charge in [-0.1, -0.05) is 30.3 Å². The van der Waals surface area contributed by atoms with E-state index in [9.17, 15) is 0 Å². The van der Waals surface area contributed by atoms with Gasteiger partial charge in [-0.25, -0.2) is 9.67 Å². The molecule has 2 heterocycles. The molecule has 4 rings (SSSR count). The summed E-state index contributed by atoms with van der Waals surface area (Å²) in [6, 6.07) is 16.6. The molecule has 4 aromatic rings. The third kappa shape index (κ3) is 4.03. The van der Waals surface area contributed by atoms with E-state index >= 15 is 0 Å². The fourth-order valence-electron chi connectivity index (χ4n) is 3.24. The van der Waals surface area contributed by atoms with E-state index in [-0.39, 0.29) is 6.04 Å². The molecule has 0 amide bonds. The number of benzene rings is 2. The molecule has 29 heavy (non-hydrogen) atoms. The zero-order valence-corrected chi connectivity index (χ0v) is 17.4. The van der Waals surface area contributed by atoms with E-state index in [1.807, 2.05) is 43.3 Å². The molecule has 148 valence electrons. The molecule has 0 aliphatic rings. The third-order valence-electron chi connectivity index (χ3n) is 5.20. The second kappa shape index (κ2) is 8.10. The van der Waals surface area contributed by atoms with E-state index in [0.717, 1.165) is 16.8 Å². The smallest absolute Gasteiger partial charge is 0.292 e. The Morgan fingerprint density at radius 2 is 1.90 bits per heavy atom. The second-order valence-corrected chi connectivity index (χ2v) is 7.49. The van der Waals surface area contributed by atoms with Crippen LogP contribution in [0.15, 0.2) is 65.6 Å². The number of aryl methyl sites for hydroxylation is 1. The molecule has 2 aromatic heterocycles. The first kappa shape index (κ1) is 19.2. The molecule has 0 bridgehead atoms. The van der Waals surface area contributed by atoms with Crippen LogP contribution >= 0.6 is 12.2 Å². The van der Waals surface area contributed by atoms with Crippen LogP contribution < -0.4 is 4.90 Å². The maximum Gasteiger partial charge on any atom is 0.292 e. The van der Waals surface area contributed by atoms with Crippen molar-refractivity contribution >= 4 is 12.2 Å². The van der Waals surface area contributed by atoms with Crippen molar-refractivity contribution in [1.82, 2.24) is 24.5 Å². The number of nitrogens with one attached hydrogen (secondary N) is 1. The summed E-state index contributed by atoms with van der Waals surface area (Å²) in [6.45, 7) is 4.83. The molecule has 1 N–H and O–H groups in total. The van der Waals surface area contributed by atoms with Gasteiger partial charge in [0.1, 0.15) is 18.7 Å². The highest BCUT2D eigenvalue weighted by Crippen LogP contribution is 2.21. The average molecular weight is 408 g/mol. The van der Waals surface area contributed by atoms with Crippen LogP contribution in [0.3, 0.4) is 0 Å². The van der Waals surface area contributed by atoms with Gasteiger partial charge in [-0.2, -0.15) is 9.78 Å². The average Bonchev–Trinajstić information content (AvgIpc) is 3.38. The van der Waals surface area contributed by atoms with Crippen LogP contribution in [0.5, 0.6) is 0 Å². The van der Waals surface area contributed by atoms with Crippen molar-refractivity contribution in [2.45, 2.75) is 26.6 Å². The third-order valence-corrected chi connectivity index (χ3v) is 5.49. The topological polar surface area (TPSA) is 66.1 Å². The fraction of sp³-hybridized carbons (Fsp3) is 0.238. The van der Waals surface area contributed by atoms with E-state index in [4.69, 9.17) is 16.6 Å². The summed E-state index contributed by atoms with van der Waals surface area (Å²) >= 11 is 5.41. The van der Waals surface area contributed by atoms with Crippen LogP contribution in [0.25, 0.3) is 17.1 Å². The summed E-state index contributed by atoms with van der Waals surface area (Å²) in [4.78, 5) is 5.62. The lowest BCUT2D eigenvalue weighted by molar-refractivity contribution is -0.933. The molecular formula is C21H23N6OS+. The van der Waals surface area contributed by atoms with E-state index in [2.05, 4.69) is 41.3 Å². The van der Waals surface area contributed by atoms with Gasteiger partial charge in [-0.05, 0) is 49.8 Å². The van der Waals surface area contributed by atoms with Gasteiger partial charge in [0.25, 0.3) is 4.84 Å². The lowest BCUT2D eigenvalue weighted by Crippen LogP contribution is -3.08. The van der Waals surface area contributed by atoms with Gasteiger partial charge in [0.15, 0.2) is 6.67 Å². The van der Waals surface area contributed by atoms with Crippen LogP contribution in [0, 0.1) is 11.8 Å². The highest BCUT2D eigenvalue weighted by Gasteiger charge is 2.18. The van der Waals surface area contributed by atoms with Crippen molar-refractivity contribution in [3.05, 3.63) is 77.1 Å². The first-order valence-electron chi connectivity index (χ1n) is 9.44. The van der Waals surface area contributed by atoms with Gasteiger partial charge < -0.3 is 9.32 Å². The number of hydrogen-bond donors (Lipinski definition) is 1. The molecule has 2 atom stereocenters. The summed E-state index contributed by atoms with van der Waals surface area (Å²) in [5, 5.41) is 8.77. The van der Waals surface area contributed by atoms with Gasteiger partial charge in [0, 0.05) is 11.1 Å². The molecule has 2 aromatic carbocycles. The number of quaternary nitrogens is 1. The first-order valence-corrected chi connectivity index (χ1v) is 9.85. The SMILES string of the molecule is Cc1ccccc1-c1nn(C[NH+](C)[C@H](C)c2ccc(-n3cncn3)cc2)c(=S)o1. The number of rotatable bonds is 6. The predicted octanol–water partition coefficient (Wildman–Crippen LogP) is 3.00. The zero-order valence-electron chi connectivity index (χ0n) is 16.6. The van der Waals surface area contributed by atoms with Crippen LogP contribution in [-0.4, -0.2) is 31.6 Å². The van der Waals surface area contributed by atoms with Crippen molar-refractivity contribution in [2.24, 2.45) is 0 Å². The lowest BCUT2D eigenvalue weighted by Gasteiger charge is -2.21. The Kier molecular flexibility index (Phi) is 5.37. The van der Waals surface area contributed by atoms with E-state index < -0.39 is 0 Å². The largest absolute Gasteiger partial charge is 0.409 e. The molecule has 0 aliphatic carbocycles. The highest BCUT2D eigenvalue weighted by molar-refractivity contribution is 7.71. The Morgan fingerprint density at radius 3 is 2.59 bits per heavy atom. The van der Waals surface area contributed by atoms with Crippen LogP contribution in [-0.2, 0) is 6.67 Å². The quantitative estimate of drug-likeness (QED) is 0.498. The Hall–Kier alpha value is -3.10. The van der Waals surface area contributed by atoms with Gasteiger partial charge in [-0.3, -0.25) is 0 Å². The molecule has 0 saturated carbocycles. The highest BCUT2D eigenvalue weighted by atomic mass is 32.1. The lowest BCUT2D eigenvalue weighted by atomic mass is 10.1. The van der Waals surface area contributed by atoms with Crippen molar-refractivity contribution in [2.75, 3.05) is 7.05 Å². The van der Waals surface area contributed by atoms with Crippen LogP contribution in [0.2, 0.25) is 0 Å². The zero-order chi connectivity index (χ0) is 20.4. The minimum atomic E-state index is 0.250. The monoisotopic (exact) mass is 407 g/mol. The molecule has 7 nitrogen and oxygen atoms in total. The van der Waals surface area contributed by atoms with Gasteiger partial charge in [-0.15, -0.1) is 5.10 Å². The summed E-state index contributed by atoms with van der Waals surface area (Å²) in [7, 11) is 2.12. The predicted molar refractivity (Wildman–Crippen MR) is 112 cm³/mol. The minimum absolute atomic E-state index is 0.250. The maximum absolute atomic E-state index is 5.76. The molecule has 8 heteroatoms. The normalized spacial score (nSPS) is 13.3. The van der Waals surface area contributed by atoms with Crippen molar-refractivity contribution in [3.8, 4) is 17.1 Å². The number of hydrogen-bond acceptors (Lipinski definition) is 5. The molecule has 0 radical (unpaired) electrons. The van der Waals surface area contributed by atoms with E-state index in [1.54, 1.807) is 15.7 Å². The molecule has 0 fully saturated rings. The summed E-state index contributed by atoms with van der Waals surface area (Å²) in [5.41, 5.74) is 4.28. The molecule has 0 saturated heterocycles. The Morgan fingerprint density at radius 1 is 1.14 bits per heavy atom. The van der Waals surface area contributed by atoms with Crippen LogP contribution in [0.1, 0.15) is 24.1 Å². The Bertz CT molecular complexity index is 1150. The van der Waals surface area contributed by atoms with Crippen LogP contribution in [0.4, 0.5) is 0 Å². The number of nitrogens with zero attached hydrogens (tertiary/aromatic N) is 5. The first-order chi connectivity index (χ1) is 14.0. The molecule has 1 unspecified atom stereocenters. The number of aromatic nitrogens is 5. The van der Waals surface area contributed by atoms with Crippen molar-refractivity contribution in [1.29, 1.82) is 0 Å². The Labute approximate surface area is 174 Å². The Balaban J connectivity index is 1.50. The van der Waals surface area contributed by atoms with Gasteiger partial charge >= 0.3 is 0 Å². The summed E-state index contributed by atoms with van der Waals surface area (Å²) < 4.78 is 9.26. The van der Waals surface area contributed by atoms with Gasteiger partial charge in [0.2, 0.25) is 5.89 Å². The molecular weight excluding hydrogens is 384 g/mol.